The highest BCUT2D eigenvalue weighted by atomic mass is 32.1. The minimum Gasteiger partial charge on any atom is -0.308 e. The van der Waals surface area contributed by atoms with E-state index in [4.69, 9.17) is 12.2 Å². The number of fused-ring (bicyclic) bond motifs is 1. The maximum absolute atomic E-state index is 5.27. The molecule has 2 nitrogen and oxygen atoms in total. The summed E-state index contributed by atoms with van der Waals surface area (Å²) in [7, 11) is 0. The molecule has 0 fully saturated rings. The Morgan fingerprint density at radius 2 is 2.29 bits per heavy atom. The molecule has 1 aliphatic heterocycles. The normalized spacial score (nSPS) is 12.6. The van der Waals surface area contributed by atoms with E-state index in [1.807, 2.05) is 18.3 Å². The maximum Gasteiger partial charge on any atom is 0.0612 e. The molecule has 0 radical (unpaired) electrons. The highest BCUT2D eigenvalue weighted by molar-refractivity contribution is 7.80. The van der Waals surface area contributed by atoms with Gasteiger partial charge in [-0.05, 0) is 30.2 Å². The highest BCUT2D eigenvalue weighted by Gasteiger charge is 2.05. The number of nitrogens with one attached hydrogen (secondary N) is 2. The van der Waals surface area contributed by atoms with E-state index in [0.29, 0.717) is 0 Å². The van der Waals surface area contributed by atoms with Crippen molar-refractivity contribution in [2.45, 2.75) is 13.3 Å². The van der Waals surface area contributed by atoms with Gasteiger partial charge in [0.15, 0.2) is 0 Å². The van der Waals surface area contributed by atoms with Crippen molar-refractivity contribution < 1.29 is 0 Å². The fourth-order valence-corrected chi connectivity index (χ4v) is 1.57. The zero-order valence-corrected chi connectivity index (χ0v) is 8.82. The first-order valence-electron chi connectivity index (χ1n) is 4.66. The molecule has 0 spiro atoms. The first-order valence-corrected chi connectivity index (χ1v) is 5.07. The van der Waals surface area contributed by atoms with Crippen LogP contribution in [0, 0.1) is 0 Å². The van der Waals surface area contributed by atoms with Gasteiger partial charge >= 0.3 is 0 Å². The molecule has 1 heterocycles. The molecule has 1 aromatic rings. The van der Waals surface area contributed by atoms with Gasteiger partial charge in [-0.1, -0.05) is 25.2 Å². The lowest BCUT2D eigenvalue weighted by atomic mass is 10.0. The third-order valence-electron chi connectivity index (χ3n) is 2.25. The van der Waals surface area contributed by atoms with Crippen LogP contribution >= 0.6 is 12.2 Å². The van der Waals surface area contributed by atoms with Crippen LogP contribution in [-0.4, -0.2) is 4.86 Å². The summed E-state index contributed by atoms with van der Waals surface area (Å²) in [6.07, 6.45) is 4.83. The fourth-order valence-electron chi connectivity index (χ4n) is 1.44. The van der Waals surface area contributed by atoms with Gasteiger partial charge in [0.25, 0.3) is 0 Å². The topological polar surface area (TPSA) is 24.1 Å². The molecule has 0 saturated heterocycles. The van der Waals surface area contributed by atoms with Crippen LogP contribution in [0.1, 0.15) is 24.5 Å². The van der Waals surface area contributed by atoms with Gasteiger partial charge in [-0.3, -0.25) is 0 Å². The first-order chi connectivity index (χ1) is 6.81. The molecule has 0 saturated carbocycles. The number of rotatable bonds is 2. The lowest BCUT2D eigenvalue weighted by molar-refractivity contribution is 1.05. The van der Waals surface area contributed by atoms with Crippen LogP contribution in [0.5, 0.6) is 0 Å². The van der Waals surface area contributed by atoms with Crippen molar-refractivity contribution in [3.8, 4) is 0 Å². The summed E-state index contributed by atoms with van der Waals surface area (Å²) < 4.78 is 0. The third kappa shape index (κ3) is 1.63. The lowest BCUT2D eigenvalue weighted by Crippen LogP contribution is -2.18. The van der Waals surface area contributed by atoms with Crippen molar-refractivity contribution in [3.63, 3.8) is 0 Å². The second-order valence-electron chi connectivity index (χ2n) is 3.18. The van der Waals surface area contributed by atoms with E-state index in [1.165, 1.54) is 5.56 Å². The third-order valence-corrected chi connectivity index (χ3v) is 2.77. The van der Waals surface area contributed by atoms with Crippen LogP contribution in [0.15, 0.2) is 24.4 Å². The van der Waals surface area contributed by atoms with Crippen LogP contribution in [0.25, 0.3) is 6.08 Å². The van der Waals surface area contributed by atoms with Crippen LogP contribution in [-0.2, 0) is 0 Å². The van der Waals surface area contributed by atoms with Crippen LogP contribution in [0.4, 0.5) is 5.69 Å². The molecule has 0 aliphatic carbocycles. The number of anilines is 1. The molecule has 3 heteroatoms. The standard InChI is InChI=1S/C11H12N2S/c1-2-11(14)9-3-4-10-8(7-9)5-6-12-13-10/h3-7,12-13H,2H2,1H3. The Kier molecular flexibility index (Phi) is 2.50. The quantitative estimate of drug-likeness (QED) is 0.572. The van der Waals surface area contributed by atoms with Crippen molar-refractivity contribution >= 4 is 28.8 Å². The maximum atomic E-state index is 5.27. The van der Waals surface area contributed by atoms with Crippen molar-refractivity contribution in [2.75, 3.05) is 5.43 Å². The molecule has 2 rings (SSSR count). The van der Waals surface area contributed by atoms with Crippen molar-refractivity contribution in [1.82, 2.24) is 5.43 Å². The van der Waals surface area contributed by atoms with Gasteiger partial charge in [-0.2, -0.15) is 0 Å². The molecule has 14 heavy (non-hydrogen) atoms. The lowest BCUT2D eigenvalue weighted by Gasteiger charge is -2.15. The number of thiocarbonyl (C=S) groups is 1. The zero-order valence-electron chi connectivity index (χ0n) is 8.00. The summed E-state index contributed by atoms with van der Waals surface area (Å²) in [5.74, 6) is 0. The SMILES string of the molecule is CCC(=S)c1ccc2c(c1)C=CNN2. The van der Waals surface area contributed by atoms with Gasteiger partial charge in [0.05, 0.1) is 5.69 Å². The van der Waals surface area contributed by atoms with Crippen molar-refractivity contribution in [2.24, 2.45) is 0 Å². The van der Waals surface area contributed by atoms with E-state index >= 15 is 0 Å². The fraction of sp³-hybridized carbons (Fsp3) is 0.182. The summed E-state index contributed by atoms with van der Waals surface area (Å²) in [5.41, 5.74) is 9.43. The van der Waals surface area contributed by atoms with Crippen molar-refractivity contribution in [3.05, 3.63) is 35.5 Å². The van der Waals surface area contributed by atoms with Crippen LogP contribution in [0.3, 0.4) is 0 Å². The Morgan fingerprint density at radius 1 is 1.43 bits per heavy atom. The summed E-state index contributed by atoms with van der Waals surface area (Å²) in [4.78, 5) is 1.01. The monoisotopic (exact) mass is 204 g/mol. The molecule has 1 aromatic carbocycles. The molecule has 0 unspecified atom stereocenters. The van der Waals surface area contributed by atoms with Gasteiger partial charge in [-0.25, -0.2) is 0 Å². The van der Waals surface area contributed by atoms with Gasteiger partial charge in [0.2, 0.25) is 0 Å². The summed E-state index contributed by atoms with van der Waals surface area (Å²) in [5, 5.41) is 0. The van der Waals surface area contributed by atoms with Crippen LogP contribution in [0.2, 0.25) is 0 Å². The van der Waals surface area contributed by atoms with E-state index in [9.17, 15) is 0 Å². The van der Waals surface area contributed by atoms with Gasteiger partial charge in [-0.15, -0.1) is 0 Å². The average Bonchev–Trinajstić information content (AvgIpc) is 2.27. The molecule has 0 bridgehead atoms. The summed E-state index contributed by atoms with van der Waals surface area (Å²) in [6.45, 7) is 2.08. The van der Waals surface area contributed by atoms with E-state index in [2.05, 4.69) is 29.9 Å². The van der Waals surface area contributed by atoms with Crippen molar-refractivity contribution in [1.29, 1.82) is 0 Å². The Bertz CT molecular complexity index is 396. The molecule has 0 atom stereocenters. The van der Waals surface area contributed by atoms with Gasteiger partial charge < -0.3 is 10.9 Å². The molecule has 0 amide bonds. The van der Waals surface area contributed by atoms with E-state index < -0.39 is 0 Å². The second kappa shape index (κ2) is 3.80. The molecular formula is C11H12N2S. The molecule has 72 valence electrons. The number of hydrazine groups is 1. The van der Waals surface area contributed by atoms with Crippen LogP contribution < -0.4 is 10.9 Å². The number of hydrogen-bond acceptors (Lipinski definition) is 3. The Morgan fingerprint density at radius 3 is 3.07 bits per heavy atom. The van der Waals surface area contributed by atoms with Gasteiger partial charge in [0, 0.05) is 16.6 Å². The predicted octanol–water partition coefficient (Wildman–Crippen LogP) is 2.72. The minimum absolute atomic E-state index is 0.920. The highest BCUT2D eigenvalue weighted by Crippen LogP contribution is 2.21. The molecular weight excluding hydrogens is 192 g/mol. The largest absolute Gasteiger partial charge is 0.308 e. The Hall–Kier alpha value is -1.35. The van der Waals surface area contributed by atoms with E-state index in [0.717, 1.165) is 22.5 Å². The Balaban J connectivity index is 2.40. The van der Waals surface area contributed by atoms with E-state index in [-0.39, 0.29) is 0 Å². The number of benzene rings is 1. The smallest absolute Gasteiger partial charge is 0.0612 e. The predicted molar refractivity (Wildman–Crippen MR) is 64.2 cm³/mol. The minimum atomic E-state index is 0.920. The zero-order chi connectivity index (χ0) is 9.97. The Labute approximate surface area is 89.0 Å². The number of hydrogen-bond donors (Lipinski definition) is 2. The second-order valence-corrected chi connectivity index (χ2v) is 3.67. The van der Waals surface area contributed by atoms with E-state index in [1.54, 1.807) is 0 Å². The summed E-state index contributed by atoms with van der Waals surface area (Å²) in [6, 6.07) is 6.22. The molecule has 0 aromatic heterocycles. The van der Waals surface area contributed by atoms with Gasteiger partial charge in [0.1, 0.15) is 0 Å². The summed E-state index contributed by atoms with van der Waals surface area (Å²) >= 11 is 5.27. The molecule has 1 aliphatic rings. The average molecular weight is 204 g/mol. The molecule has 2 N–H and O–H groups in total. The first kappa shape index (κ1) is 9.21.